The van der Waals surface area contributed by atoms with Crippen LogP contribution in [0.4, 0.5) is 0 Å². The quantitative estimate of drug-likeness (QED) is 0.418. The highest BCUT2D eigenvalue weighted by atomic mass is 32.2. The van der Waals surface area contributed by atoms with Crippen LogP contribution in [0.3, 0.4) is 0 Å². The highest BCUT2D eigenvalue weighted by molar-refractivity contribution is 7.98. The number of nitrogens with zero attached hydrogens (tertiary/aromatic N) is 4. The SMILES string of the molecule is C=CCn1c(SCc2coc(-c3ccc(C)cc3)n2)nnc1[C@@H]1CCS(=O)(=O)C1. The third-order valence-corrected chi connectivity index (χ3v) is 7.62. The average molecular weight is 431 g/mol. The number of allylic oxidation sites excluding steroid dienone is 1. The Hall–Kier alpha value is -2.39. The summed E-state index contributed by atoms with van der Waals surface area (Å²) in [6.45, 7) is 6.38. The summed E-state index contributed by atoms with van der Waals surface area (Å²) < 4.78 is 31.2. The number of aryl methyl sites for hydroxylation is 1. The van der Waals surface area contributed by atoms with Gasteiger partial charge in [-0.25, -0.2) is 13.4 Å². The molecular weight excluding hydrogens is 408 g/mol. The predicted molar refractivity (Wildman–Crippen MR) is 112 cm³/mol. The molecule has 0 amide bonds. The van der Waals surface area contributed by atoms with Crippen molar-refractivity contribution in [2.45, 2.75) is 36.7 Å². The minimum Gasteiger partial charge on any atom is -0.444 e. The van der Waals surface area contributed by atoms with E-state index in [1.807, 2.05) is 35.8 Å². The molecular formula is C20H22N4O3S2. The third kappa shape index (κ3) is 4.45. The van der Waals surface area contributed by atoms with Crippen LogP contribution in [-0.4, -0.2) is 39.7 Å². The van der Waals surface area contributed by atoms with Crippen LogP contribution in [0.15, 0.2) is 52.8 Å². The van der Waals surface area contributed by atoms with Gasteiger partial charge < -0.3 is 8.98 Å². The van der Waals surface area contributed by atoms with Crippen molar-refractivity contribution in [3.8, 4) is 11.5 Å². The zero-order valence-electron chi connectivity index (χ0n) is 16.1. The summed E-state index contributed by atoms with van der Waals surface area (Å²) in [5.41, 5.74) is 2.93. The van der Waals surface area contributed by atoms with Gasteiger partial charge in [-0.05, 0) is 25.5 Å². The van der Waals surface area contributed by atoms with Crippen LogP contribution in [0.1, 0.15) is 29.4 Å². The molecule has 152 valence electrons. The second-order valence-corrected chi connectivity index (χ2v) is 10.3. The summed E-state index contributed by atoms with van der Waals surface area (Å²) >= 11 is 1.50. The number of hydrogen-bond donors (Lipinski definition) is 0. The second kappa shape index (κ2) is 8.16. The Morgan fingerprint density at radius 3 is 2.79 bits per heavy atom. The fourth-order valence-corrected chi connectivity index (χ4v) is 5.92. The summed E-state index contributed by atoms with van der Waals surface area (Å²) in [6, 6.07) is 8.02. The highest BCUT2D eigenvalue weighted by Crippen LogP contribution is 2.31. The second-order valence-electron chi connectivity index (χ2n) is 7.14. The van der Waals surface area contributed by atoms with Gasteiger partial charge in [-0.3, -0.25) is 0 Å². The van der Waals surface area contributed by atoms with Gasteiger partial charge in [0.25, 0.3) is 0 Å². The number of aromatic nitrogens is 4. The van der Waals surface area contributed by atoms with E-state index in [0.717, 1.165) is 16.4 Å². The van der Waals surface area contributed by atoms with Gasteiger partial charge in [0, 0.05) is 23.8 Å². The van der Waals surface area contributed by atoms with Gasteiger partial charge in [-0.15, -0.1) is 16.8 Å². The normalized spacial score (nSPS) is 18.2. The van der Waals surface area contributed by atoms with E-state index >= 15 is 0 Å². The summed E-state index contributed by atoms with van der Waals surface area (Å²) in [5, 5.41) is 9.31. The van der Waals surface area contributed by atoms with E-state index in [1.54, 1.807) is 12.3 Å². The fourth-order valence-electron chi connectivity index (χ4n) is 3.35. The van der Waals surface area contributed by atoms with E-state index in [4.69, 9.17) is 4.42 Å². The van der Waals surface area contributed by atoms with Crippen LogP contribution in [-0.2, 0) is 22.1 Å². The number of rotatable bonds is 7. The van der Waals surface area contributed by atoms with Gasteiger partial charge in [-0.2, -0.15) is 0 Å². The van der Waals surface area contributed by atoms with E-state index in [0.29, 0.717) is 30.4 Å². The molecule has 1 fully saturated rings. The van der Waals surface area contributed by atoms with Crippen LogP contribution in [0.25, 0.3) is 11.5 Å². The molecule has 1 aliphatic heterocycles. The molecule has 0 N–H and O–H groups in total. The Balaban J connectivity index is 1.49. The predicted octanol–water partition coefficient (Wildman–Crippen LogP) is 3.62. The molecule has 2 aromatic heterocycles. The van der Waals surface area contributed by atoms with E-state index < -0.39 is 9.84 Å². The molecule has 1 saturated heterocycles. The van der Waals surface area contributed by atoms with Crippen molar-refractivity contribution in [1.29, 1.82) is 0 Å². The molecule has 0 unspecified atom stereocenters. The van der Waals surface area contributed by atoms with Gasteiger partial charge in [0.15, 0.2) is 15.0 Å². The van der Waals surface area contributed by atoms with Crippen molar-refractivity contribution in [2.24, 2.45) is 0 Å². The highest BCUT2D eigenvalue weighted by Gasteiger charge is 2.33. The largest absolute Gasteiger partial charge is 0.444 e. The lowest BCUT2D eigenvalue weighted by molar-refractivity contribution is 0.573. The fraction of sp³-hybridized carbons (Fsp3) is 0.350. The Labute approximate surface area is 174 Å². The smallest absolute Gasteiger partial charge is 0.226 e. The van der Waals surface area contributed by atoms with Crippen molar-refractivity contribution in [1.82, 2.24) is 19.7 Å². The Bertz CT molecular complexity index is 1120. The number of benzene rings is 1. The van der Waals surface area contributed by atoms with E-state index in [2.05, 4.69) is 21.8 Å². The van der Waals surface area contributed by atoms with Crippen LogP contribution in [0.5, 0.6) is 0 Å². The maximum atomic E-state index is 11.8. The van der Waals surface area contributed by atoms with Crippen LogP contribution in [0, 0.1) is 6.92 Å². The monoisotopic (exact) mass is 430 g/mol. The molecule has 9 heteroatoms. The maximum Gasteiger partial charge on any atom is 0.226 e. The van der Waals surface area contributed by atoms with Crippen LogP contribution < -0.4 is 0 Å². The van der Waals surface area contributed by atoms with E-state index in [9.17, 15) is 8.42 Å². The molecule has 0 saturated carbocycles. The number of oxazole rings is 1. The first-order valence-corrected chi connectivity index (χ1v) is 12.1. The summed E-state index contributed by atoms with van der Waals surface area (Å²) in [5.74, 6) is 2.12. The molecule has 0 bridgehead atoms. The minimum atomic E-state index is -2.98. The van der Waals surface area contributed by atoms with Crippen LogP contribution >= 0.6 is 11.8 Å². The van der Waals surface area contributed by atoms with Gasteiger partial charge in [0.05, 0.1) is 17.2 Å². The Morgan fingerprint density at radius 2 is 2.10 bits per heavy atom. The lowest BCUT2D eigenvalue weighted by atomic mass is 10.1. The molecule has 7 nitrogen and oxygen atoms in total. The standard InChI is InChI=1S/C20H22N4O3S2/c1-3-9-24-18(16-8-10-29(25,26)13-16)22-23-20(24)28-12-17-11-27-19(21-17)15-6-4-14(2)5-7-15/h3-7,11,16H,1,8-10,12-13H2,2H3/t16-/m1/s1. The van der Waals surface area contributed by atoms with E-state index in [1.165, 1.54) is 17.3 Å². The van der Waals surface area contributed by atoms with Gasteiger partial charge in [0.2, 0.25) is 5.89 Å². The number of thioether (sulfide) groups is 1. The molecule has 0 aliphatic carbocycles. The first kappa shape index (κ1) is 19.9. The Morgan fingerprint density at radius 1 is 1.31 bits per heavy atom. The first-order chi connectivity index (χ1) is 13.9. The first-order valence-electron chi connectivity index (χ1n) is 9.34. The molecule has 4 rings (SSSR count). The molecule has 1 atom stereocenters. The Kier molecular flexibility index (Phi) is 5.60. The molecule has 0 radical (unpaired) electrons. The van der Waals surface area contributed by atoms with Gasteiger partial charge in [-0.1, -0.05) is 35.5 Å². The molecule has 3 heterocycles. The molecule has 1 aromatic carbocycles. The molecule has 1 aliphatic rings. The maximum absolute atomic E-state index is 11.8. The molecule has 29 heavy (non-hydrogen) atoms. The van der Waals surface area contributed by atoms with Crippen molar-refractivity contribution < 1.29 is 12.8 Å². The van der Waals surface area contributed by atoms with Crippen molar-refractivity contribution in [3.05, 3.63) is 60.3 Å². The lowest BCUT2D eigenvalue weighted by Gasteiger charge is -2.10. The third-order valence-electron chi connectivity index (χ3n) is 4.85. The van der Waals surface area contributed by atoms with Gasteiger partial charge >= 0.3 is 0 Å². The van der Waals surface area contributed by atoms with Crippen molar-refractivity contribution in [2.75, 3.05) is 11.5 Å². The molecule has 0 spiro atoms. The zero-order valence-corrected chi connectivity index (χ0v) is 17.7. The number of sulfone groups is 1. The zero-order chi connectivity index (χ0) is 20.4. The minimum absolute atomic E-state index is 0.109. The van der Waals surface area contributed by atoms with Crippen molar-refractivity contribution >= 4 is 21.6 Å². The summed E-state index contributed by atoms with van der Waals surface area (Å²) in [7, 11) is -2.98. The van der Waals surface area contributed by atoms with Crippen LogP contribution in [0.2, 0.25) is 0 Å². The molecule has 3 aromatic rings. The average Bonchev–Trinajstić information content (AvgIpc) is 3.40. The summed E-state index contributed by atoms with van der Waals surface area (Å²) in [4.78, 5) is 4.56. The lowest BCUT2D eigenvalue weighted by Crippen LogP contribution is -2.11. The number of hydrogen-bond acceptors (Lipinski definition) is 7. The van der Waals surface area contributed by atoms with Gasteiger partial charge in [0.1, 0.15) is 12.1 Å². The van der Waals surface area contributed by atoms with Crippen molar-refractivity contribution in [3.63, 3.8) is 0 Å². The topological polar surface area (TPSA) is 90.9 Å². The van der Waals surface area contributed by atoms with E-state index in [-0.39, 0.29) is 17.4 Å². The summed E-state index contributed by atoms with van der Waals surface area (Å²) in [6.07, 6.45) is 4.01.